The minimum Gasteiger partial charge on any atom is -0.450 e. The monoisotopic (exact) mass is 563 g/mol. The lowest BCUT2D eigenvalue weighted by atomic mass is 9.97. The van der Waals surface area contributed by atoms with E-state index in [1.54, 1.807) is 4.90 Å². The maximum Gasteiger partial charge on any atom is 0.409 e. The van der Waals surface area contributed by atoms with Gasteiger partial charge in [0, 0.05) is 43.6 Å². The highest BCUT2D eigenvalue weighted by molar-refractivity contribution is 14.0. The third-order valence-electron chi connectivity index (χ3n) is 5.88. The summed E-state index contributed by atoms with van der Waals surface area (Å²) in [4.78, 5) is 22.6. The van der Waals surface area contributed by atoms with Gasteiger partial charge in [-0.15, -0.1) is 35.3 Å². The van der Waals surface area contributed by atoms with Crippen molar-refractivity contribution in [3.05, 3.63) is 22.4 Å². The minimum absolute atomic E-state index is 0. The first kappa shape index (κ1) is 26.2. The van der Waals surface area contributed by atoms with Crippen molar-refractivity contribution in [2.75, 3.05) is 45.9 Å². The second-order valence-electron chi connectivity index (χ2n) is 8.12. The number of nitrogens with one attached hydrogen (secondary N) is 2. The number of carbonyl (C=O) groups excluding carboxylic acids is 1. The fourth-order valence-electron chi connectivity index (χ4n) is 4.10. The van der Waals surface area contributed by atoms with Crippen LogP contribution in [-0.2, 0) is 11.3 Å². The molecule has 1 amide bonds. The zero-order chi connectivity index (χ0) is 21.2. The van der Waals surface area contributed by atoms with Gasteiger partial charge in [0.05, 0.1) is 6.61 Å². The molecule has 2 aliphatic heterocycles. The van der Waals surface area contributed by atoms with E-state index in [0.717, 1.165) is 64.6 Å². The van der Waals surface area contributed by atoms with Crippen LogP contribution in [0.15, 0.2) is 22.5 Å². The van der Waals surface area contributed by atoms with Crippen molar-refractivity contribution in [1.82, 2.24) is 20.4 Å². The normalized spacial score (nSPS) is 19.0. The third kappa shape index (κ3) is 8.76. The molecule has 0 aromatic carbocycles. The van der Waals surface area contributed by atoms with Crippen LogP contribution in [0.4, 0.5) is 4.79 Å². The molecule has 0 saturated carbocycles. The fourth-order valence-corrected chi connectivity index (χ4v) is 4.85. The van der Waals surface area contributed by atoms with Crippen molar-refractivity contribution in [2.45, 2.75) is 52.1 Å². The van der Waals surface area contributed by atoms with Gasteiger partial charge in [-0.1, -0.05) is 6.07 Å². The van der Waals surface area contributed by atoms with Crippen molar-refractivity contribution in [2.24, 2.45) is 10.9 Å². The Morgan fingerprint density at radius 2 is 1.94 bits per heavy atom. The number of likely N-dealkylation sites (tertiary alicyclic amines) is 2. The molecule has 2 saturated heterocycles. The lowest BCUT2D eigenvalue weighted by molar-refractivity contribution is 0.0963. The number of rotatable bonds is 7. The Hall–Kier alpha value is -1.07. The molecule has 31 heavy (non-hydrogen) atoms. The van der Waals surface area contributed by atoms with Gasteiger partial charge in [0.25, 0.3) is 0 Å². The smallest absolute Gasteiger partial charge is 0.409 e. The number of halogens is 1. The molecule has 9 heteroatoms. The molecule has 176 valence electrons. The first-order valence-electron chi connectivity index (χ1n) is 11.4. The maximum absolute atomic E-state index is 11.9. The van der Waals surface area contributed by atoms with Gasteiger partial charge in [0.1, 0.15) is 0 Å². The molecule has 2 aliphatic rings. The Bertz CT molecular complexity index is 657. The zero-order valence-electron chi connectivity index (χ0n) is 18.8. The van der Waals surface area contributed by atoms with Gasteiger partial charge in [-0.25, -0.2) is 4.79 Å². The van der Waals surface area contributed by atoms with Crippen LogP contribution in [0.5, 0.6) is 0 Å². The largest absolute Gasteiger partial charge is 0.450 e. The van der Waals surface area contributed by atoms with Crippen LogP contribution in [0.2, 0.25) is 0 Å². The van der Waals surface area contributed by atoms with Gasteiger partial charge in [-0.05, 0) is 70.0 Å². The Kier molecular flexibility index (Phi) is 12.0. The van der Waals surface area contributed by atoms with Crippen molar-refractivity contribution >= 4 is 47.4 Å². The predicted molar refractivity (Wildman–Crippen MR) is 138 cm³/mol. The van der Waals surface area contributed by atoms with Crippen LogP contribution in [0, 0.1) is 5.92 Å². The molecule has 0 spiro atoms. The minimum atomic E-state index is -0.193. The van der Waals surface area contributed by atoms with E-state index < -0.39 is 0 Å². The molecule has 0 bridgehead atoms. The van der Waals surface area contributed by atoms with Crippen molar-refractivity contribution in [3.8, 4) is 0 Å². The van der Waals surface area contributed by atoms with Gasteiger partial charge < -0.3 is 20.3 Å². The first-order valence-corrected chi connectivity index (χ1v) is 12.3. The van der Waals surface area contributed by atoms with E-state index in [1.165, 1.54) is 17.7 Å². The van der Waals surface area contributed by atoms with E-state index in [4.69, 9.17) is 9.73 Å². The summed E-state index contributed by atoms with van der Waals surface area (Å²) in [5, 5.41) is 9.12. The van der Waals surface area contributed by atoms with Crippen LogP contribution < -0.4 is 10.6 Å². The highest BCUT2D eigenvalue weighted by Crippen LogP contribution is 2.21. The number of guanidine groups is 1. The number of hydrogen-bond acceptors (Lipinski definition) is 5. The molecule has 2 fully saturated rings. The van der Waals surface area contributed by atoms with E-state index in [1.807, 2.05) is 18.3 Å². The van der Waals surface area contributed by atoms with Crippen molar-refractivity contribution < 1.29 is 9.53 Å². The lowest BCUT2D eigenvalue weighted by Crippen LogP contribution is -2.50. The molecule has 0 atom stereocenters. The Labute approximate surface area is 208 Å². The molecular weight excluding hydrogens is 525 g/mol. The number of carbonyl (C=O) groups is 1. The third-order valence-corrected chi connectivity index (χ3v) is 6.74. The van der Waals surface area contributed by atoms with Crippen molar-refractivity contribution in [3.63, 3.8) is 0 Å². The highest BCUT2D eigenvalue weighted by atomic mass is 127. The molecule has 7 nitrogen and oxygen atoms in total. The van der Waals surface area contributed by atoms with Gasteiger partial charge in [-0.3, -0.25) is 9.89 Å². The van der Waals surface area contributed by atoms with Crippen LogP contribution in [-0.4, -0.2) is 73.8 Å². The summed E-state index contributed by atoms with van der Waals surface area (Å²) in [5.41, 5.74) is 0. The summed E-state index contributed by atoms with van der Waals surface area (Å²) >= 11 is 1.85. The number of aliphatic imine (C=N–C) groups is 1. The summed E-state index contributed by atoms with van der Waals surface area (Å²) in [7, 11) is 0. The van der Waals surface area contributed by atoms with E-state index in [2.05, 4.69) is 40.0 Å². The second-order valence-corrected chi connectivity index (χ2v) is 9.16. The molecule has 3 rings (SSSR count). The topological polar surface area (TPSA) is 69.2 Å². The summed E-state index contributed by atoms with van der Waals surface area (Å²) < 4.78 is 5.11. The Morgan fingerprint density at radius 1 is 1.19 bits per heavy atom. The Morgan fingerprint density at radius 3 is 2.55 bits per heavy atom. The maximum atomic E-state index is 11.9. The number of ether oxygens (including phenoxy) is 1. The number of thiophene rings is 1. The molecule has 1 aromatic heterocycles. The molecule has 0 radical (unpaired) electrons. The molecule has 2 N–H and O–H groups in total. The van der Waals surface area contributed by atoms with Gasteiger partial charge >= 0.3 is 6.09 Å². The predicted octanol–water partition coefficient (Wildman–Crippen LogP) is 3.75. The van der Waals surface area contributed by atoms with E-state index in [-0.39, 0.29) is 30.1 Å². The van der Waals surface area contributed by atoms with Crippen molar-refractivity contribution in [1.29, 1.82) is 0 Å². The number of piperidine rings is 2. The Balaban J connectivity index is 0.00000341. The fraction of sp³-hybridized carbons (Fsp3) is 0.727. The van der Waals surface area contributed by atoms with Crippen LogP contribution in [0.1, 0.15) is 44.4 Å². The molecule has 0 aliphatic carbocycles. The summed E-state index contributed by atoms with van der Waals surface area (Å²) in [5.74, 6) is 1.57. The zero-order valence-corrected chi connectivity index (χ0v) is 22.0. The summed E-state index contributed by atoms with van der Waals surface area (Å²) in [6.07, 6.45) is 4.08. The molecular formula is C22H38IN5O2S. The van der Waals surface area contributed by atoms with E-state index >= 15 is 0 Å². The van der Waals surface area contributed by atoms with Crippen LogP contribution in [0.25, 0.3) is 0 Å². The average molecular weight is 564 g/mol. The summed E-state index contributed by atoms with van der Waals surface area (Å²) in [6, 6.07) is 4.71. The first-order chi connectivity index (χ1) is 14.7. The van der Waals surface area contributed by atoms with Gasteiger partial charge in [-0.2, -0.15) is 0 Å². The second kappa shape index (κ2) is 14.2. The number of amides is 1. The summed E-state index contributed by atoms with van der Waals surface area (Å²) in [6.45, 7) is 11.0. The quantitative estimate of drug-likeness (QED) is 0.301. The lowest BCUT2D eigenvalue weighted by Gasteiger charge is -2.33. The molecule has 0 unspecified atom stereocenters. The highest BCUT2D eigenvalue weighted by Gasteiger charge is 2.24. The number of hydrogen-bond donors (Lipinski definition) is 2. The number of nitrogens with zero attached hydrogens (tertiary/aromatic N) is 3. The van der Waals surface area contributed by atoms with E-state index in [9.17, 15) is 4.79 Å². The van der Waals surface area contributed by atoms with Gasteiger partial charge in [0.15, 0.2) is 5.96 Å². The van der Waals surface area contributed by atoms with Gasteiger partial charge in [0.2, 0.25) is 0 Å². The molecule has 1 aromatic rings. The molecule has 3 heterocycles. The van der Waals surface area contributed by atoms with E-state index in [0.29, 0.717) is 18.6 Å². The SMILES string of the molecule is CCNC(=NCC1CCN(Cc2cccs2)CC1)NC1CCN(C(=O)OCC)CC1.I. The average Bonchev–Trinajstić information content (AvgIpc) is 3.27. The van der Waals surface area contributed by atoms with Crippen LogP contribution in [0.3, 0.4) is 0 Å². The standard InChI is InChI=1S/C22H37N5O2S.HI/c1-3-23-21(25-19-9-13-27(14-10-19)22(28)29-4-2)24-16-18-7-11-26(12-8-18)17-20-6-5-15-30-20;/h5-6,15,18-19H,3-4,7-14,16-17H2,1-2H3,(H2,23,24,25);1H. The van der Waals surface area contributed by atoms with Crippen LogP contribution >= 0.6 is 35.3 Å².